The van der Waals surface area contributed by atoms with Crippen LogP contribution in [-0.4, -0.2) is 27.1 Å². The molecule has 0 unspecified atom stereocenters. The van der Waals surface area contributed by atoms with Crippen LogP contribution in [0.4, 0.5) is 0 Å². The summed E-state index contributed by atoms with van der Waals surface area (Å²) in [6.45, 7) is 1.74. The second kappa shape index (κ2) is 5.42. The van der Waals surface area contributed by atoms with Gasteiger partial charge in [0.2, 0.25) is 0 Å². The van der Waals surface area contributed by atoms with Crippen molar-refractivity contribution in [1.29, 1.82) is 0 Å². The molecule has 3 N–H and O–H groups in total. The van der Waals surface area contributed by atoms with Gasteiger partial charge in [0.05, 0.1) is 21.3 Å². The van der Waals surface area contributed by atoms with Crippen LogP contribution in [0.15, 0.2) is 0 Å². The molecule has 0 aliphatic carbocycles. The van der Waals surface area contributed by atoms with Gasteiger partial charge in [-0.15, -0.1) is 0 Å². The second-order valence-corrected chi connectivity index (χ2v) is 2.04. The summed E-state index contributed by atoms with van der Waals surface area (Å²) < 4.78 is 0. The van der Waals surface area contributed by atoms with Gasteiger partial charge in [-0.3, -0.25) is 0 Å². The molecule has 6 nitrogen and oxygen atoms in total. The summed E-state index contributed by atoms with van der Waals surface area (Å²) >= 11 is 0. The van der Waals surface area contributed by atoms with Crippen molar-refractivity contribution in [3.63, 3.8) is 0 Å². The molecule has 0 radical (unpaired) electrons. The second-order valence-electron chi connectivity index (χ2n) is 2.04. The van der Waals surface area contributed by atoms with Crippen LogP contribution in [0.2, 0.25) is 0 Å². The van der Waals surface area contributed by atoms with Crippen LogP contribution < -0.4 is 16.4 Å². The lowest BCUT2D eigenvalue weighted by Gasteiger charge is -2.28. The predicted molar refractivity (Wildman–Crippen MR) is 38.8 cm³/mol. The standard InChI is InChI=1S/C5H15N3O3/c1-5(6-9-2,7-10-3)8-11-4/h6-8H,1-4H3. The summed E-state index contributed by atoms with van der Waals surface area (Å²) in [5.41, 5.74) is 7.77. The third-order valence-corrected chi connectivity index (χ3v) is 0.919. The fourth-order valence-electron chi connectivity index (χ4n) is 0.675. The van der Waals surface area contributed by atoms with E-state index in [9.17, 15) is 0 Å². The number of hydrogen-bond donors (Lipinski definition) is 3. The van der Waals surface area contributed by atoms with Crippen molar-refractivity contribution in [1.82, 2.24) is 16.4 Å². The molecule has 0 atom stereocenters. The summed E-state index contributed by atoms with van der Waals surface area (Å²) in [4.78, 5) is 14.0. The van der Waals surface area contributed by atoms with Crippen molar-refractivity contribution in [2.45, 2.75) is 12.7 Å². The van der Waals surface area contributed by atoms with E-state index in [1.54, 1.807) is 6.92 Å². The quantitative estimate of drug-likeness (QED) is 0.350. The Labute approximate surface area is 66.1 Å². The Morgan fingerprint density at radius 1 is 0.818 bits per heavy atom. The molecule has 0 heterocycles. The van der Waals surface area contributed by atoms with Crippen LogP contribution >= 0.6 is 0 Å². The Morgan fingerprint density at radius 3 is 1.27 bits per heavy atom. The van der Waals surface area contributed by atoms with Gasteiger partial charge in [0.25, 0.3) is 0 Å². The molecular formula is C5H15N3O3. The average molecular weight is 165 g/mol. The van der Waals surface area contributed by atoms with E-state index in [-0.39, 0.29) is 0 Å². The first-order chi connectivity index (χ1) is 5.18. The van der Waals surface area contributed by atoms with Crippen LogP contribution in [-0.2, 0) is 14.5 Å². The first-order valence-electron chi connectivity index (χ1n) is 3.09. The molecular weight excluding hydrogens is 150 g/mol. The van der Waals surface area contributed by atoms with Crippen molar-refractivity contribution in [2.75, 3.05) is 21.3 Å². The van der Waals surface area contributed by atoms with Gasteiger partial charge in [-0.2, -0.15) is 16.4 Å². The highest BCUT2D eigenvalue weighted by Crippen LogP contribution is 1.91. The van der Waals surface area contributed by atoms with E-state index in [2.05, 4.69) is 31.0 Å². The van der Waals surface area contributed by atoms with Gasteiger partial charge < -0.3 is 14.5 Å². The lowest BCUT2D eigenvalue weighted by Crippen LogP contribution is -2.63. The van der Waals surface area contributed by atoms with Gasteiger partial charge in [-0.05, 0) is 6.92 Å². The van der Waals surface area contributed by atoms with E-state index in [4.69, 9.17) is 0 Å². The van der Waals surface area contributed by atoms with Gasteiger partial charge in [-0.1, -0.05) is 0 Å². The molecule has 0 aliphatic rings. The highest BCUT2D eigenvalue weighted by atomic mass is 16.7. The third kappa shape index (κ3) is 4.25. The summed E-state index contributed by atoms with van der Waals surface area (Å²) in [6.07, 6.45) is 0. The molecule has 11 heavy (non-hydrogen) atoms. The highest BCUT2D eigenvalue weighted by Gasteiger charge is 2.22. The average Bonchev–Trinajstić information content (AvgIpc) is 1.88. The van der Waals surface area contributed by atoms with Crippen molar-refractivity contribution in [3.8, 4) is 0 Å². The Kier molecular flexibility index (Phi) is 5.30. The van der Waals surface area contributed by atoms with Crippen LogP contribution in [0, 0.1) is 0 Å². The molecule has 0 aliphatic heterocycles. The molecule has 0 aromatic carbocycles. The molecule has 0 saturated carbocycles. The SMILES string of the molecule is CONC(C)(NOC)NOC. The minimum Gasteiger partial charge on any atom is -0.302 e. The van der Waals surface area contributed by atoms with E-state index in [1.165, 1.54) is 21.3 Å². The molecule has 0 aromatic heterocycles. The van der Waals surface area contributed by atoms with Gasteiger partial charge in [0.1, 0.15) is 0 Å². The van der Waals surface area contributed by atoms with E-state index in [0.717, 1.165) is 0 Å². The van der Waals surface area contributed by atoms with Crippen molar-refractivity contribution in [2.24, 2.45) is 0 Å². The van der Waals surface area contributed by atoms with E-state index in [1.807, 2.05) is 0 Å². The maximum absolute atomic E-state index is 4.68. The predicted octanol–water partition coefficient (Wildman–Crippen LogP) is -0.887. The minimum atomic E-state index is -0.766. The highest BCUT2D eigenvalue weighted by molar-refractivity contribution is 4.62. The molecule has 0 spiro atoms. The number of hydroxylamine groups is 3. The lowest BCUT2D eigenvalue weighted by atomic mass is 10.5. The molecule has 0 amide bonds. The zero-order valence-corrected chi connectivity index (χ0v) is 7.22. The molecule has 0 bridgehead atoms. The lowest BCUT2D eigenvalue weighted by molar-refractivity contribution is -0.148. The topological polar surface area (TPSA) is 63.8 Å². The molecule has 68 valence electrons. The smallest absolute Gasteiger partial charge is 0.185 e. The van der Waals surface area contributed by atoms with E-state index < -0.39 is 5.79 Å². The molecule has 6 heteroatoms. The monoisotopic (exact) mass is 165 g/mol. The Balaban J connectivity index is 3.79. The Hall–Kier alpha value is -0.240. The number of hydrogen-bond acceptors (Lipinski definition) is 6. The van der Waals surface area contributed by atoms with Crippen molar-refractivity contribution < 1.29 is 14.5 Å². The minimum absolute atomic E-state index is 0.766. The summed E-state index contributed by atoms with van der Waals surface area (Å²) in [7, 11) is 4.48. The normalized spacial score (nSPS) is 12.0. The zero-order valence-electron chi connectivity index (χ0n) is 7.22. The van der Waals surface area contributed by atoms with Crippen LogP contribution in [0.5, 0.6) is 0 Å². The Morgan fingerprint density at radius 2 is 1.09 bits per heavy atom. The van der Waals surface area contributed by atoms with Crippen LogP contribution in [0.3, 0.4) is 0 Å². The summed E-state index contributed by atoms with van der Waals surface area (Å²) in [5.74, 6) is -0.766. The molecule has 0 rings (SSSR count). The Bertz CT molecular complexity index is 84.0. The van der Waals surface area contributed by atoms with E-state index >= 15 is 0 Å². The largest absolute Gasteiger partial charge is 0.302 e. The first-order valence-corrected chi connectivity index (χ1v) is 3.09. The fraction of sp³-hybridized carbons (Fsp3) is 1.00. The number of nitrogens with one attached hydrogen (secondary N) is 3. The van der Waals surface area contributed by atoms with Crippen molar-refractivity contribution >= 4 is 0 Å². The molecule has 0 fully saturated rings. The zero-order chi connectivity index (χ0) is 8.74. The van der Waals surface area contributed by atoms with Crippen molar-refractivity contribution in [3.05, 3.63) is 0 Å². The van der Waals surface area contributed by atoms with Crippen LogP contribution in [0.1, 0.15) is 6.92 Å². The van der Waals surface area contributed by atoms with Gasteiger partial charge in [0, 0.05) is 0 Å². The maximum Gasteiger partial charge on any atom is 0.185 e. The molecule has 0 aromatic rings. The van der Waals surface area contributed by atoms with E-state index in [0.29, 0.717) is 0 Å². The van der Waals surface area contributed by atoms with Gasteiger partial charge in [-0.25, -0.2) is 0 Å². The fourth-order valence-corrected chi connectivity index (χ4v) is 0.675. The van der Waals surface area contributed by atoms with Gasteiger partial charge in [0.15, 0.2) is 5.79 Å². The maximum atomic E-state index is 4.68. The van der Waals surface area contributed by atoms with Gasteiger partial charge >= 0.3 is 0 Å². The molecule has 0 saturated heterocycles. The number of rotatable bonds is 6. The van der Waals surface area contributed by atoms with Crippen LogP contribution in [0.25, 0.3) is 0 Å². The summed E-state index contributed by atoms with van der Waals surface area (Å²) in [5, 5.41) is 0. The first kappa shape index (κ1) is 10.8. The third-order valence-electron chi connectivity index (χ3n) is 0.919. The summed E-state index contributed by atoms with van der Waals surface area (Å²) in [6, 6.07) is 0.